The van der Waals surface area contributed by atoms with Crippen LogP contribution < -0.4 is 14.5 Å². The Bertz CT molecular complexity index is 1480. The number of rotatable bonds is 3. The summed E-state index contributed by atoms with van der Waals surface area (Å²) in [5.41, 5.74) is 1.49. The Hall–Kier alpha value is -2.75. The largest absolute Gasteiger partial charge is 0.504 e. The third-order valence-corrected chi connectivity index (χ3v) is 11.2. The number of carbonyl (C=O) groups is 2. The molecule has 1 aromatic heterocycles. The van der Waals surface area contributed by atoms with Crippen molar-refractivity contribution in [3.8, 4) is 11.5 Å². The Labute approximate surface area is 219 Å². The first-order valence-corrected chi connectivity index (χ1v) is 13.8. The number of phenols is 1. The number of carbonyl (C=O) groups excluding carboxylic acids is 2. The number of ether oxygens (including phenoxy) is 1. The van der Waals surface area contributed by atoms with Gasteiger partial charge in [-0.1, -0.05) is 29.0 Å². The molecule has 7 atom stereocenters. The number of H-pyrrole nitrogens is 1. The molecule has 10 heteroatoms. The third kappa shape index (κ3) is 2.96. The highest BCUT2D eigenvalue weighted by molar-refractivity contribution is 8.00. The van der Waals surface area contributed by atoms with Crippen LogP contribution in [0.15, 0.2) is 52.3 Å². The van der Waals surface area contributed by atoms with E-state index in [2.05, 4.69) is 4.98 Å². The average molecular weight is 541 g/mol. The van der Waals surface area contributed by atoms with E-state index in [0.29, 0.717) is 16.5 Å². The minimum atomic E-state index is -0.376. The fraction of sp³-hybridized carbons (Fsp3) is 0.346. The summed E-state index contributed by atoms with van der Waals surface area (Å²) < 4.78 is 5.38. The van der Waals surface area contributed by atoms with Crippen molar-refractivity contribution in [3.63, 3.8) is 0 Å². The van der Waals surface area contributed by atoms with Gasteiger partial charge >= 0.3 is 4.87 Å². The van der Waals surface area contributed by atoms with Gasteiger partial charge in [0.05, 0.1) is 29.7 Å². The van der Waals surface area contributed by atoms with Crippen LogP contribution in [0.3, 0.4) is 0 Å². The van der Waals surface area contributed by atoms with E-state index in [1.54, 1.807) is 42.1 Å². The molecular formula is C26H21ClN2O5S2. The molecule has 2 aliphatic carbocycles. The van der Waals surface area contributed by atoms with Crippen molar-refractivity contribution in [2.75, 3.05) is 12.0 Å². The van der Waals surface area contributed by atoms with Gasteiger partial charge in [0.1, 0.15) is 0 Å². The number of imide groups is 1. The molecule has 3 aromatic rings. The van der Waals surface area contributed by atoms with E-state index in [9.17, 15) is 19.5 Å². The Kier molecular flexibility index (Phi) is 4.91. The molecule has 2 saturated carbocycles. The molecule has 1 saturated heterocycles. The molecule has 0 radical (unpaired) electrons. The molecule has 2 bridgehead atoms. The van der Waals surface area contributed by atoms with Gasteiger partial charge in [0, 0.05) is 21.1 Å². The molecule has 0 unspecified atom stereocenters. The molecular weight excluding hydrogens is 520 g/mol. The number of methoxy groups -OCH3 is 1. The Morgan fingerprint density at radius 2 is 1.78 bits per heavy atom. The quantitative estimate of drug-likeness (QED) is 0.475. The van der Waals surface area contributed by atoms with E-state index in [1.165, 1.54) is 23.3 Å². The van der Waals surface area contributed by atoms with Gasteiger partial charge < -0.3 is 14.8 Å². The van der Waals surface area contributed by atoms with E-state index in [-0.39, 0.29) is 63.2 Å². The number of thiazole rings is 1. The number of anilines is 1. The van der Waals surface area contributed by atoms with Crippen LogP contribution in [-0.4, -0.2) is 34.3 Å². The number of amides is 2. The summed E-state index contributed by atoms with van der Waals surface area (Å²) in [6.45, 7) is 0. The summed E-state index contributed by atoms with van der Waals surface area (Å²) in [6.07, 6.45) is 0.814. The fourth-order valence-corrected chi connectivity index (χ4v) is 10.1. The van der Waals surface area contributed by atoms with Crippen LogP contribution in [0.1, 0.15) is 22.8 Å². The van der Waals surface area contributed by atoms with Gasteiger partial charge in [0.2, 0.25) is 11.8 Å². The van der Waals surface area contributed by atoms with Crippen molar-refractivity contribution in [2.45, 2.75) is 22.6 Å². The topological polar surface area (TPSA) is 99.7 Å². The molecule has 184 valence electrons. The Morgan fingerprint density at radius 3 is 2.50 bits per heavy atom. The van der Waals surface area contributed by atoms with Crippen LogP contribution in [0.5, 0.6) is 11.5 Å². The zero-order valence-corrected chi connectivity index (χ0v) is 21.4. The lowest BCUT2D eigenvalue weighted by Crippen LogP contribution is -2.42. The summed E-state index contributed by atoms with van der Waals surface area (Å²) >= 11 is 8.89. The van der Waals surface area contributed by atoms with Crippen LogP contribution in [0.25, 0.3) is 0 Å². The number of hydrogen-bond acceptors (Lipinski definition) is 7. The minimum absolute atomic E-state index is 0.0152. The molecule has 7 rings (SSSR count). The number of hydrogen-bond donors (Lipinski definition) is 2. The maximum Gasteiger partial charge on any atom is 0.305 e. The van der Waals surface area contributed by atoms with Crippen molar-refractivity contribution < 1.29 is 19.4 Å². The zero-order valence-electron chi connectivity index (χ0n) is 19.0. The average Bonchev–Trinajstić information content (AvgIpc) is 3.59. The number of fused-ring (bicyclic) bond motifs is 9. The predicted octanol–water partition coefficient (Wildman–Crippen LogP) is 4.48. The first kappa shape index (κ1) is 22.4. The monoisotopic (exact) mass is 540 g/mol. The molecule has 7 nitrogen and oxygen atoms in total. The second-order valence-corrected chi connectivity index (χ2v) is 12.5. The van der Waals surface area contributed by atoms with E-state index in [1.807, 2.05) is 12.1 Å². The van der Waals surface area contributed by atoms with Crippen LogP contribution in [0.2, 0.25) is 5.02 Å². The normalized spacial score (nSPS) is 31.9. The van der Waals surface area contributed by atoms with Crippen molar-refractivity contribution in [1.82, 2.24) is 4.98 Å². The Balaban J connectivity index is 1.33. The summed E-state index contributed by atoms with van der Waals surface area (Å²) in [5, 5.41) is 11.7. The van der Waals surface area contributed by atoms with E-state index in [4.69, 9.17) is 16.3 Å². The lowest BCUT2D eigenvalue weighted by molar-refractivity contribution is -0.123. The van der Waals surface area contributed by atoms with Gasteiger partial charge in [0.25, 0.3) is 0 Å². The number of halogens is 1. The summed E-state index contributed by atoms with van der Waals surface area (Å²) in [7, 11) is 1.51. The summed E-state index contributed by atoms with van der Waals surface area (Å²) in [4.78, 5) is 45.0. The third-order valence-electron chi connectivity index (χ3n) is 8.37. The molecule has 0 spiro atoms. The molecule has 3 heterocycles. The highest BCUT2D eigenvalue weighted by Gasteiger charge is 2.69. The van der Waals surface area contributed by atoms with Crippen LogP contribution in [0.4, 0.5) is 5.69 Å². The van der Waals surface area contributed by atoms with Crippen LogP contribution in [0, 0.1) is 29.6 Å². The summed E-state index contributed by atoms with van der Waals surface area (Å²) in [5.74, 6) is -0.576. The van der Waals surface area contributed by atoms with Gasteiger partial charge in [-0.25, -0.2) is 0 Å². The molecule has 2 aromatic carbocycles. The van der Waals surface area contributed by atoms with Crippen molar-refractivity contribution in [1.29, 1.82) is 0 Å². The SMILES string of the molecule is COc1cc([C@H]2c3sc(=O)[nH]c3S[C@H]3[C@@H]4C[C@H]([C@H]5C(=O)N(c6ccc(Cl)cc6)C(=O)[C@H]45)[C@@H]23)ccc1O. The molecule has 2 aliphatic heterocycles. The van der Waals surface area contributed by atoms with Crippen molar-refractivity contribution in [3.05, 3.63) is 67.6 Å². The van der Waals surface area contributed by atoms with E-state index in [0.717, 1.165) is 21.9 Å². The molecule has 4 aliphatic rings. The van der Waals surface area contributed by atoms with Crippen LogP contribution in [-0.2, 0) is 9.59 Å². The number of nitrogens with one attached hydrogen (secondary N) is 1. The number of benzene rings is 2. The smallest absolute Gasteiger partial charge is 0.305 e. The first-order chi connectivity index (χ1) is 17.4. The van der Waals surface area contributed by atoms with E-state index >= 15 is 0 Å². The molecule has 2 N–H and O–H groups in total. The van der Waals surface area contributed by atoms with Gasteiger partial charge in [-0.3, -0.25) is 19.3 Å². The van der Waals surface area contributed by atoms with Gasteiger partial charge in [-0.15, -0.1) is 11.8 Å². The summed E-state index contributed by atoms with van der Waals surface area (Å²) in [6, 6.07) is 12.1. The zero-order chi connectivity index (χ0) is 24.9. The number of phenolic OH excluding ortho intramolecular Hbond substituents is 1. The minimum Gasteiger partial charge on any atom is -0.504 e. The predicted molar refractivity (Wildman–Crippen MR) is 137 cm³/mol. The Morgan fingerprint density at radius 1 is 1.06 bits per heavy atom. The number of aromatic hydroxyl groups is 1. The van der Waals surface area contributed by atoms with Gasteiger partial charge in [-0.05, 0) is 66.1 Å². The maximum atomic E-state index is 13.7. The highest BCUT2D eigenvalue weighted by Crippen LogP contribution is 2.68. The highest BCUT2D eigenvalue weighted by atomic mass is 35.5. The maximum absolute atomic E-state index is 13.7. The van der Waals surface area contributed by atoms with E-state index < -0.39 is 0 Å². The second kappa shape index (κ2) is 7.87. The molecule has 2 amide bonds. The lowest BCUT2D eigenvalue weighted by atomic mass is 9.68. The van der Waals surface area contributed by atoms with Crippen molar-refractivity contribution >= 4 is 52.2 Å². The second-order valence-electron chi connectivity index (χ2n) is 9.88. The number of aromatic nitrogens is 1. The molecule has 36 heavy (non-hydrogen) atoms. The van der Waals surface area contributed by atoms with Gasteiger partial charge in [0.15, 0.2) is 11.5 Å². The number of aromatic amines is 1. The number of thioether (sulfide) groups is 1. The fourth-order valence-electron chi connectivity index (χ4n) is 7.12. The lowest BCUT2D eigenvalue weighted by Gasteiger charge is -2.43. The van der Waals surface area contributed by atoms with Gasteiger partial charge in [-0.2, -0.15) is 0 Å². The number of nitrogens with zero attached hydrogens (tertiary/aromatic N) is 1. The molecule has 3 fully saturated rings. The van der Waals surface area contributed by atoms with Crippen LogP contribution >= 0.6 is 34.7 Å². The standard InChI is InChI=1S/C26H21ClN2O5S2/c1-34-16-8-10(2-7-15(16)30)17-18-13-9-14(21(18)35-23-22(17)36-26(33)28-23)20-19(13)24(31)29(25(20)32)12-5-3-11(27)4-6-12/h2-8,13-14,17-21,30H,9H2,1H3,(H,28,33)/t13-,14+,17+,18-,19+,20+,21-/m0/s1. The first-order valence-electron chi connectivity index (χ1n) is 11.8. The van der Waals surface area contributed by atoms with Crippen molar-refractivity contribution in [2.24, 2.45) is 29.6 Å².